The lowest BCUT2D eigenvalue weighted by atomic mass is 9.86. The normalized spacial score (nSPS) is 11.5. The molecule has 2 rings (SSSR count). The zero-order chi connectivity index (χ0) is 15.8. The van der Waals surface area contributed by atoms with Gasteiger partial charge in [0.1, 0.15) is 11.6 Å². The Morgan fingerprint density at radius 3 is 2.05 bits per heavy atom. The molecule has 0 aliphatic heterocycles. The monoisotopic (exact) mass is 288 g/mol. The lowest BCUT2D eigenvalue weighted by molar-refractivity contribution is 0.103. The summed E-state index contributed by atoms with van der Waals surface area (Å²) >= 11 is 0. The van der Waals surface area contributed by atoms with Crippen molar-refractivity contribution in [3.8, 4) is 0 Å². The van der Waals surface area contributed by atoms with Crippen molar-refractivity contribution in [1.82, 2.24) is 0 Å². The number of carbonyl (C=O) groups excluding carboxylic acids is 1. The van der Waals surface area contributed by atoms with E-state index in [0.29, 0.717) is 5.56 Å². The van der Waals surface area contributed by atoms with Crippen LogP contribution in [0.25, 0.3) is 0 Å². The van der Waals surface area contributed by atoms with Crippen molar-refractivity contribution in [2.24, 2.45) is 0 Å². The van der Waals surface area contributed by atoms with Crippen LogP contribution in [0.1, 0.15) is 47.8 Å². The first-order valence-electron chi connectivity index (χ1n) is 6.81. The van der Waals surface area contributed by atoms with Crippen LogP contribution < -0.4 is 0 Å². The van der Waals surface area contributed by atoms with E-state index in [9.17, 15) is 13.6 Å². The standard InChI is InChI=1S/C18H18F2O/c1-11-9-14(16(20)10-15(11)19)17(21)12-5-7-13(8-6-12)18(2,3)4/h5-10H,1-4H3. The van der Waals surface area contributed by atoms with Crippen LogP contribution in [0.4, 0.5) is 8.78 Å². The van der Waals surface area contributed by atoms with E-state index in [1.807, 2.05) is 12.1 Å². The molecule has 1 nitrogen and oxygen atoms in total. The van der Waals surface area contributed by atoms with Gasteiger partial charge in [-0.05, 0) is 29.5 Å². The zero-order valence-electron chi connectivity index (χ0n) is 12.6. The van der Waals surface area contributed by atoms with Gasteiger partial charge in [-0.2, -0.15) is 0 Å². The van der Waals surface area contributed by atoms with E-state index in [-0.39, 0.29) is 16.5 Å². The summed E-state index contributed by atoms with van der Waals surface area (Å²) in [6.07, 6.45) is 0. The minimum absolute atomic E-state index is 0.0146. The van der Waals surface area contributed by atoms with Crippen molar-refractivity contribution in [1.29, 1.82) is 0 Å². The van der Waals surface area contributed by atoms with Crippen LogP contribution >= 0.6 is 0 Å². The summed E-state index contributed by atoms with van der Waals surface area (Å²) in [5, 5.41) is 0. The third kappa shape index (κ3) is 3.18. The molecule has 0 aliphatic carbocycles. The highest BCUT2D eigenvalue weighted by atomic mass is 19.1. The molecule has 0 radical (unpaired) electrons. The van der Waals surface area contributed by atoms with E-state index in [1.165, 1.54) is 13.0 Å². The summed E-state index contributed by atoms with van der Waals surface area (Å²) in [7, 11) is 0. The molecule has 0 saturated carbocycles. The Hall–Kier alpha value is -2.03. The number of benzene rings is 2. The molecule has 2 aromatic carbocycles. The highest BCUT2D eigenvalue weighted by Gasteiger charge is 2.18. The largest absolute Gasteiger partial charge is 0.288 e. The fraction of sp³-hybridized carbons (Fsp3) is 0.278. The van der Waals surface area contributed by atoms with Crippen molar-refractivity contribution in [3.63, 3.8) is 0 Å². The van der Waals surface area contributed by atoms with Crippen LogP contribution in [0.3, 0.4) is 0 Å². The topological polar surface area (TPSA) is 17.1 Å². The van der Waals surface area contributed by atoms with E-state index in [0.717, 1.165) is 11.6 Å². The summed E-state index contributed by atoms with van der Waals surface area (Å²) < 4.78 is 27.0. The minimum atomic E-state index is -0.831. The van der Waals surface area contributed by atoms with Gasteiger partial charge in [-0.1, -0.05) is 45.0 Å². The Kier molecular flexibility index (Phi) is 3.95. The second-order valence-corrected chi connectivity index (χ2v) is 6.24. The Labute approximate surface area is 123 Å². The number of aryl methyl sites for hydroxylation is 1. The maximum Gasteiger partial charge on any atom is 0.195 e. The van der Waals surface area contributed by atoms with Crippen molar-refractivity contribution < 1.29 is 13.6 Å². The highest BCUT2D eigenvalue weighted by Crippen LogP contribution is 2.24. The first kappa shape index (κ1) is 15.4. The third-order valence-corrected chi connectivity index (χ3v) is 3.51. The van der Waals surface area contributed by atoms with Crippen molar-refractivity contribution in [3.05, 3.63) is 70.3 Å². The van der Waals surface area contributed by atoms with Gasteiger partial charge in [-0.3, -0.25) is 4.79 Å². The van der Waals surface area contributed by atoms with E-state index in [4.69, 9.17) is 0 Å². The molecule has 0 spiro atoms. The highest BCUT2D eigenvalue weighted by molar-refractivity contribution is 6.09. The molecule has 0 amide bonds. The molecule has 0 N–H and O–H groups in total. The van der Waals surface area contributed by atoms with Gasteiger partial charge in [-0.25, -0.2) is 8.78 Å². The van der Waals surface area contributed by atoms with Crippen molar-refractivity contribution in [2.75, 3.05) is 0 Å². The maximum absolute atomic E-state index is 13.8. The van der Waals surface area contributed by atoms with Crippen LogP contribution in [0.15, 0.2) is 36.4 Å². The molecule has 110 valence electrons. The second kappa shape index (κ2) is 5.40. The summed E-state index contributed by atoms with van der Waals surface area (Å²) in [4.78, 5) is 12.3. The van der Waals surface area contributed by atoms with Crippen LogP contribution in [0.2, 0.25) is 0 Å². The average Bonchev–Trinajstić information content (AvgIpc) is 2.41. The molecular weight excluding hydrogens is 270 g/mol. The van der Waals surface area contributed by atoms with E-state index < -0.39 is 17.4 Å². The number of hydrogen-bond donors (Lipinski definition) is 0. The van der Waals surface area contributed by atoms with Gasteiger partial charge >= 0.3 is 0 Å². The molecular formula is C18H18F2O. The van der Waals surface area contributed by atoms with Crippen LogP contribution in [-0.4, -0.2) is 5.78 Å². The lowest BCUT2D eigenvalue weighted by Crippen LogP contribution is -2.12. The number of ketones is 1. The summed E-state index contributed by atoms with van der Waals surface area (Å²) in [6, 6.07) is 9.10. The molecule has 0 bridgehead atoms. The van der Waals surface area contributed by atoms with Crippen LogP contribution in [0.5, 0.6) is 0 Å². The molecule has 0 atom stereocenters. The average molecular weight is 288 g/mol. The molecule has 3 heteroatoms. The maximum atomic E-state index is 13.8. The summed E-state index contributed by atoms with van der Waals surface area (Å²) in [5.74, 6) is -1.91. The van der Waals surface area contributed by atoms with E-state index in [2.05, 4.69) is 20.8 Å². The Morgan fingerprint density at radius 1 is 0.952 bits per heavy atom. The van der Waals surface area contributed by atoms with Gasteiger partial charge in [0.15, 0.2) is 5.78 Å². The van der Waals surface area contributed by atoms with Gasteiger partial charge in [0, 0.05) is 11.6 Å². The number of carbonyl (C=O) groups is 1. The predicted molar refractivity (Wildman–Crippen MR) is 79.7 cm³/mol. The SMILES string of the molecule is Cc1cc(C(=O)c2ccc(C(C)(C)C)cc2)c(F)cc1F. The molecule has 0 saturated heterocycles. The molecule has 0 heterocycles. The first-order valence-corrected chi connectivity index (χ1v) is 6.81. The van der Waals surface area contributed by atoms with Crippen molar-refractivity contribution in [2.45, 2.75) is 33.1 Å². The fourth-order valence-corrected chi connectivity index (χ4v) is 2.11. The molecule has 0 aromatic heterocycles. The lowest BCUT2D eigenvalue weighted by Gasteiger charge is -2.19. The van der Waals surface area contributed by atoms with Gasteiger partial charge in [0.25, 0.3) is 0 Å². The van der Waals surface area contributed by atoms with E-state index >= 15 is 0 Å². The van der Waals surface area contributed by atoms with Crippen LogP contribution in [-0.2, 0) is 5.41 Å². The second-order valence-electron chi connectivity index (χ2n) is 6.24. The van der Waals surface area contributed by atoms with Crippen molar-refractivity contribution >= 4 is 5.78 Å². The number of rotatable bonds is 2. The predicted octanol–water partition coefficient (Wildman–Crippen LogP) is 4.80. The van der Waals surface area contributed by atoms with Gasteiger partial charge < -0.3 is 0 Å². The quantitative estimate of drug-likeness (QED) is 0.725. The third-order valence-electron chi connectivity index (χ3n) is 3.51. The first-order chi connectivity index (χ1) is 9.70. The van der Waals surface area contributed by atoms with Gasteiger partial charge in [0.2, 0.25) is 0 Å². The summed E-state index contributed by atoms with van der Waals surface area (Å²) in [6.45, 7) is 7.74. The zero-order valence-corrected chi connectivity index (χ0v) is 12.6. The van der Waals surface area contributed by atoms with E-state index in [1.54, 1.807) is 12.1 Å². The minimum Gasteiger partial charge on any atom is -0.288 e. The Balaban J connectivity index is 2.39. The van der Waals surface area contributed by atoms with Gasteiger partial charge in [0.05, 0.1) is 5.56 Å². The molecule has 0 fully saturated rings. The molecule has 0 aliphatic rings. The van der Waals surface area contributed by atoms with Gasteiger partial charge in [-0.15, -0.1) is 0 Å². The number of halogens is 2. The fourth-order valence-electron chi connectivity index (χ4n) is 2.11. The molecule has 2 aromatic rings. The Bertz CT molecular complexity index is 680. The van der Waals surface area contributed by atoms with Crippen LogP contribution in [0, 0.1) is 18.6 Å². The number of hydrogen-bond acceptors (Lipinski definition) is 1. The summed E-state index contributed by atoms with van der Waals surface area (Å²) in [5.41, 5.74) is 1.63. The molecule has 0 unspecified atom stereocenters. The smallest absolute Gasteiger partial charge is 0.195 e. The Morgan fingerprint density at radius 2 is 1.52 bits per heavy atom. The molecule has 21 heavy (non-hydrogen) atoms.